The molecule has 0 radical (unpaired) electrons. The van der Waals surface area contributed by atoms with Crippen LogP contribution in [0.5, 0.6) is 0 Å². The molecule has 4 nitrogen and oxygen atoms in total. The molecule has 0 aliphatic rings. The van der Waals surface area contributed by atoms with E-state index in [0.29, 0.717) is 12.8 Å². The Bertz CT molecular complexity index is 652. The molecule has 2 atom stereocenters. The molecule has 0 aliphatic carbocycles. The van der Waals surface area contributed by atoms with Gasteiger partial charge in [0.25, 0.3) is 0 Å². The van der Waals surface area contributed by atoms with Crippen molar-refractivity contribution in [2.24, 2.45) is 0 Å². The molecule has 0 aliphatic heterocycles. The van der Waals surface area contributed by atoms with Gasteiger partial charge in [0.2, 0.25) is 11.8 Å². The zero-order valence-electron chi connectivity index (χ0n) is 17.0. The molecule has 2 amide bonds. The lowest BCUT2D eigenvalue weighted by molar-refractivity contribution is -0.123. The average Bonchev–Trinajstić information content (AvgIpc) is 2.66. The zero-order chi connectivity index (χ0) is 20.2. The summed E-state index contributed by atoms with van der Waals surface area (Å²) in [7, 11) is 0. The molecule has 150 valence electrons. The summed E-state index contributed by atoms with van der Waals surface area (Å²) in [6.07, 6.45) is 4.04. The summed E-state index contributed by atoms with van der Waals surface area (Å²) in [4.78, 5) is 24.1. The molecule has 2 aromatic carbocycles. The fourth-order valence-electron chi connectivity index (χ4n) is 3.30. The Labute approximate surface area is 168 Å². The van der Waals surface area contributed by atoms with Gasteiger partial charge in [-0.1, -0.05) is 60.7 Å². The van der Waals surface area contributed by atoms with Gasteiger partial charge in [0.1, 0.15) is 0 Å². The van der Waals surface area contributed by atoms with Crippen molar-refractivity contribution in [1.82, 2.24) is 10.6 Å². The number of hydrogen-bond donors (Lipinski definition) is 2. The summed E-state index contributed by atoms with van der Waals surface area (Å²) < 4.78 is 0. The quantitative estimate of drug-likeness (QED) is 0.578. The van der Waals surface area contributed by atoms with Crippen molar-refractivity contribution in [3.63, 3.8) is 0 Å². The van der Waals surface area contributed by atoms with Crippen molar-refractivity contribution < 1.29 is 9.59 Å². The predicted octanol–water partition coefficient (Wildman–Crippen LogP) is 4.04. The summed E-state index contributed by atoms with van der Waals surface area (Å²) in [6, 6.07) is 20.5. The molecule has 0 spiro atoms. The van der Waals surface area contributed by atoms with Gasteiger partial charge in [-0.25, -0.2) is 0 Å². The van der Waals surface area contributed by atoms with E-state index in [-0.39, 0.29) is 23.9 Å². The second-order valence-corrected chi connectivity index (χ2v) is 7.52. The molecule has 2 N–H and O–H groups in total. The third kappa shape index (κ3) is 8.85. The molecule has 0 aromatic heterocycles. The van der Waals surface area contributed by atoms with Gasteiger partial charge in [-0.15, -0.1) is 0 Å². The minimum absolute atomic E-state index is 0.0567. The topological polar surface area (TPSA) is 58.2 Å². The molecule has 0 saturated carbocycles. The summed E-state index contributed by atoms with van der Waals surface area (Å²) >= 11 is 0. The highest BCUT2D eigenvalue weighted by atomic mass is 16.2. The first-order valence-electron chi connectivity index (χ1n) is 10.2. The van der Waals surface area contributed by atoms with Gasteiger partial charge in [-0.3, -0.25) is 9.59 Å². The monoisotopic (exact) mass is 380 g/mol. The number of nitrogens with one attached hydrogen (secondary N) is 2. The zero-order valence-corrected chi connectivity index (χ0v) is 17.0. The average molecular weight is 381 g/mol. The van der Waals surface area contributed by atoms with E-state index in [2.05, 4.69) is 34.9 Å². The Kier molecular flexibility index (Phi) is 9.26. The van der Waals surface area contributed by atoms with Gasteiger partial charge in [-0.2, -0.15) is 0 Å². The third-order valence-corrected chi connectivity index (χ3v) is 4.64. The minimum Gasteiger partial charge on any atom is -0.353 e. The van der Waals surface area contributed by atoms with Crippen molar-refractivity contribution in [3.05, 3.63) is 71.8 Å². The number of benzene rings is 2. The first-order chi connectivity index (χ1) is 13.5. The van der Waals surface area contributed by atoms with Gasteiger partial charge >= 0.3 is 0 Å². The lowest BCUT2D eigenvalue weighted by atomic mass is 10.1. The second kappa shape index (κ2) is 12.0. The number of carbonyl (C=O) groups is 2. The Hall–Kier alpha value is -2.62. The molecule has 0 saturated heterocycles. The number of unbranched alkanes of at least 4 members (excludes halogenated alkanes) is 1. The van der Waals surface area contributed by atoms with Crippen molar-refractivity contribution in [3.8, 4) is 0 Å². The van der Waals surface area contributed by atoms with Crippen LogP contribution in [-0.2, 0) is 22.4 Å². The van der Waals surface area contributed by atoms with E-state index in [1.165, 1.54) is 11.1 Å². The van der Waals surface area contributed by atoms with Crippen molar-refractivity contribution in [2.75, 3.05) is 0 Å². The summed E-state index contributed by atoms with van der Waals surface area (Å²) in [6.45, 7) is 4.04. The number of amides is 2. The molecular formula is C24H32N2O2. The third-order valence-electron chi connectivity index (χ3n) is 4.64. The van der Waals surface area contributed by atoms with E-state index in [1.807, 2.05) is 50.2 Å². The maximum atomic E-state index is 12.1. The van der Waals surface area contributed by atoms with Crippen LogP contribution in [0.4, 0.5) is 0 Å². The van der Waals surface area contributed by atoms with Crippen LogP contribution in [0.3, 0.4) is 0 Å². The highest BCUT2D eigenvalue weighted by molar-refractivity contribution is 5.77. The first kappa shape index (κ1) is 21.7. The number of carbonyl (C=O) groups excluding carboxylic acids is 2. The highest BCUT2D eigenvalue weighted by Gasteiger charge is 2.10. The van der Waals surface area contributed by atoms with Crippen LogP contribution >= 0.6 is 0 Å². The Morgan fingerprint density at radius 1 is 0.679 bits per heavy atom. The summed E-state index contributed by atoms with van der Waals surface area (Å²) in [5, 5.41) is 6.07. The van der Waals surface area contributed by atoms with Crippen LogP contribution in [0.25, 0.3) is 0 Å². The smallest absolute Gasteiger partial charge is 0.220 e. The summed E-state index contributed by atoms with van der Waals surface area (Å²) in [5.74, 6) is 0.113. The van der Waals surface area contributed by atoms with E-state index in [9.17, 15) is 9.59 Å². The molecule has 2 rings (SSSR count). The van der Waals surface area contributed by atoms with Crippen molar-refractivity contribution in [2.45, 2.75) is 64.5 Å². The molecule has 0 bridgehead atoms. The van der Waals surface area contributed by atoms with E-state index in [1.54, 1.807) is 0 Å². The normalized spacial score (nSPS) is 12.8. The second-order valence-electron chi connectivity index (χ2n) is 7.52. The molecule has 0 fully saturated rings. The van der Waals surface area contributed by atoms with Gasteiger partial charge in [0.05, 0.1) is 0 Å². The van der Waals surface area contributed by atoms with Crippen LogP contribution < -0.4 is 10.6 Å². The lowest BCUT2D eigenvalue weighted by Crippen LogP contribution is -2.34. The molecule has 2 aromatic rings. The van der Waals surface area contributed by atoms with Crippen LogP contribution in [0.2, 0.25) is 0 Å². The van der Waals surface area contributed by atoms with Gasteiger partial charge in [0.15, 0.2) is 0 Å². The SMILES string of the molecule is C[C@H](Cc1ccccc1)NC(=O)CCCCC(=O)N[C@@H](C)Cc1ccccc1. The number of hydrogen-bond acceptors (Lipinski definition) is 2. The van der Waals surface area contributed by atoms with E-state index < -0.39 is 0 Å². The standard InChI is InChI=1S/C24H32N2O2/c1-19(17-21-11-5-3-6-12-21)25-23(27)15-9-10-16-24(28)26-20(2)18-22-13-7-4-8-14-22/h3-8,11-14,19-20H,9-10,15-18H2,1-2H3,(H,25,27)(H,26,28)/t19-,20+. The fourth-order valence-corrected chi connectivity index (χ4v) is 3.30. The van der Waals surface area contributed by atoms with Crippen molar-refractivity contribution in [1.29, 1.82) is 0 Å². The van der Waals surface area contributed by atoms with Crippen LogP contribution in [0.1, 0.15) is 50.7 Å². The highest BCUT2D eigenvalue weighted by Crippen LogP contribution is 2.06. The Morgan fingerprint density at radius 2 is 1.04 bits per heavy atom. The molecule has 4 heteroatoms. The molecule has 28 heavy (non-hydrogen) atoms. The largest absolute Gasteiger partial charge is 0.353 e. The minimum atomic E-state index is 0.0567. The number of rotatable bonds is 11. The Morgan fingerprint density at radius 3 is 1.39 bits per heavy atom. The maximum absolute atomic E-state index is 12.1. The molecular weight excluding hydrogens is 348 g/mol. The Balaban J connectivity index is 1.56. The molecule has 0 heterocycles. The van der Waals surface area contributed by atoms with Crippen LogP contribution in [-0.4, -0.2) is 23.9 Å². The van der Waals surface area contributed by atoms with Crippen LogP contribution in [0, 0.1) is 0 Å². The van der Waals surface area contributed by atoms with Gasteiger partial charge in [-0.05, 0) is 50.7 Å². The lowest BCUT2D eigenvalue weighted by Gasteiger charge is -2.15. The van der Waals surface area contributed by atoms with Crippen LogP contribution in [0.15, 0.2) is 60.7 Å². The van der Waals surface area contributed by atoms with E-state index >= 15 is 0 Å². The summed E-state index contributed by atoms with van der Waals surface area (Å²) in [5.41, 5.74) is 2.44. The van der Waals surface area contributed by atoms with Gasteiger partial charge in [0, 0.05) is 24.9 Å². The predicted molar refractivity (Wildman–Crippen MR) is 114 cm³/mol. The molecule has 0 unspecified atom stereocenters. The van der Waals surface area contributed by atoms with Gasteiger partial charge < -0.3 is 10.6 Å². The first-order valence-corrected chi connectivity index (χ1v) is 10.2. The van der Waals surface area contributed by atoms with Crippen molar-refractivity contribution >= 4 is 11.8 Å². The maximum Gasteiger partial charge on any atom is 0.220 e. The van der Waals surface area contributed by atoms with E-state index in [4.69, 9.17) is 0 Å². The van der Waals surface area contributed by atoms with E-state index in [0.717, 1.165) is 25.7 Å². The fraction of sp³-hybridized carbons (Fsp3) is 0.417.